The summed E-state index contributed by atoms with van der Waals surface area (Å²) in [6.07, 6.45) is 10.2. The number of allylic oxidation sites excluding steroid dienone is 5. The number of carboxylic acids is 1. The Morgan fingerprint density at radius 3 is 1.97 bits per heavy atom. The minimum Gasteiger partial charge on any atom is -0.480 e. The molecule has 0 aliphatic carbocycles. The fraction of sp³-hybridized carbons (Fsp3) is 0.583. The number of nitrogens with two attached hydrogens (primary N) is 1. The summed E-state index contributed by atoms with van der Waals surface area (Å²) in [6, 6.07) is -2.35. The van der Waals surface area contributed by atoms with Crippen LogP contribution in [0.4, 0.5) is 0 Å². The van der Waals surface area contributed by atoms with Crippen molar-refractivity contribution >= 4 is 35.5 Å². The molecule has 5 N–H and O–H groups in total. The van der Waals surface area contributed by atoms with Crippen molar-refractivity contribution in [3.63, 3.8) is 0 Å². The molecule has 2 atom stereocenters. The van der Waals surface area contributed by atoms with Gasteiger partial charge in [0.1, 0.15) is 12.1 Å². The summed E-state index contributed by atoms with van der Waals surface area (Å²) in [6.45, 7) is 9.59. The van der Waals surface area contributed by atoms with Crippen molar-refractivity contribution in [3.8, 4) is 0 Å². The first kappa shape index (κ1) is 30.4. The van der Waals surface area contributed by atoms with Gasteiger partial charge in [0.2, 0.25) is 17.7 Å². The molecule has 0 aliphatic rings. The number of primary amides is 1. The number of aliphatic carboxylic acids is 1. The minimum atomic E-state index is -1.20. The van der Waals surface area contributed by atoms with Crippen molar-refractivity contribution in [2.75, 3.05) is 11.5 Å². The van der Waals surface area contributed by atoms with E-state index in [0.717, 1.165) is 25.7 Å². The largest absolute Gasteiger partial charge is 0.480 e. The lowest BCUT2D eigenvalue weighted by Crippen LogP contribution is -2.53. The summed E-state index contributed by atoms with van der Waals surface area (Å²) in [7, 11) is 0. The summed E-state index contributed by atoms with van der Waals surface area (Å²) < 4.78 is 0. The molecule has 0 saturated carbocycles. The first-order valence-corrected chi connectivity index (χ1v) is 12.2. The van der Waals surface area contributed by atoms with Gasteiger partial charge in [0.05, 0.1) is 6.42 Å². The molecular weight excluding hydrogens is 442 g/mol. The van der Waals surface area contributed by atoms with Crippen molar-refractivity contribution in [2.45, 2.75) is 78.8 Å². The number of hydrogen-bond acceptors (Lipinski definition) is 5. The van der Waals surface area contributed by atoms with E-state index >= 15 is 0 Å². The number of carboxylic acid groups (broad SMARTS) is 1. The Labute approximate surface area is 201 Å². The van der Waals surface area contributed by atoms with Crippen LogP contribution in [0.5, 0.6) is 0 Å². The zero-order chi connectivity index (χ0) is 25.4. The quantitative estimate of drug-likeness (QED) is 0.197. The number of amides is 3. The van der Waals surface area contributed by atoms with Gasteiger partial charge in [-0.1, -0.05) is 34.9 Å². The van der Waals surface area contributed by atoms with Gasteiger partial charge >= 0.3 is 5.97 Å². The molecular formula is C24H39N3O5S. The monoisotopic (exact) mass is 481 g/mol. The van der Waals surface area contributed by atoms with Crippen LogP contribution < -0.4 is 16.4 Å². The molecule has 0 aromatic rings. The molecule has 0 spiro atoms. The van der Waals surface area contributed by atoms with Crippen LogP contribution in [0.15, 0.2) is 34.9 Å². The summed E-state index contributed by atoms with van der Waals surface area (Å²) in [4.78, 5) is 46.2. The Kier molecular flexibility index (Phi) is 15.7. The molecule has 0 radical (unpaired) electrons. The molecule has 8 nitrogen and oxygen atoms in total. The average Bonchev–Trinajstić information content (AvgIpc) is 2.68. The lowest BCUT2D eigenvalue weighted by Gasteiger charge is -2.19. The van der Waals surface area contributed by atoms with E-state index in [9.17, 15) is 24.3 Å². The highest BCUT2D eigenvalue weighted by atomic mass is 32.2. The van der Waals surface area contributed by atoms with Crippen LogP contribution in [0.1, 0.15) is 66.7 Å². The number of hydrogen-bond donors (Lipinski definition) is 4. The molecule has 33 heavy (non-hydrogen) atoms. The molecule has 3 amide bonds. The molecule has 0 aromatic heterocycles. The molecule has 0 bridgehead atoms. The molecule has 1 unspecified atom stereocenters. The van der Waals surface area contributed by atoms with E-state index in [-0.39, 0.29) is 5.75 Å². The van der Waals surface area contributed by atoms with Gasteiger partial charge in [-0.15, -0.1) is 0 Å². The van der Waals surface area contributed by atoms with Crippen LogP contribution in [0.3, 0.4) is 0 Å². The average molecular weight is 482 g/mol. The highest BCUT2D eigenvalue weighted by molar-refractivity contribution is 7.99. The van der Waals surface area contributed by atoms with E-state index in [4.69, 9.17) is 5.73 Å². The van der Waals surface area contributed by atoms with E-state index in [2.05, 4.69) is 49.6 Å². The predicted octanol–water partition coefficient (Wildman–Crippen LogP) is 3.09. The standard InChI is InChI=1S/C24H39N3O5S/c1-16(2)8-6-9-17(3)10-7-11-18(4)12-13-33-15-21(24(31)32)27-23(30)20(14-22(25)29)26-19(5)28/h8,10,12,20-21H,6-7,9,11,13-15H2,1-5H3,(H2,25,29)(H,26,28)(H,27,30)(H,31,32)/b17-10+,18-12+/t20?,21-/m0/s1. The van der Waals surface area contributed by atoms with Gasteiger partial charge in [-0.2, -0.15) is 11.8 Å². The van der Waals surface area contributed by atoms with Crippen LogP contribution >= 0.6 is 11.8 Å². The van der Waals surface area contributed by atoms with Crippen molar-refractivity contribution in [1.82, 2.24) is 10.6 Å². The van der Waals surface area contributed by atoms with E-state index in [1.165, 1.54) is 35.4 Å². The first-order chi connectivity index (χ1) is 15.4. The summed E-state index contributed by atoms with van der Waals surface area (Å²) >= 11 is 1.38. The molecule has 0 rings (SSSR count). The number of rotatable bonds is 16. The Morgan fingerprint density at radius 1 is 0.879 bits per heavy atom. The van der Waals surface area contributed by atoms with Crippen LogP contribution in [0, 0.1) is 0 Å². The van der Waals surface area contributed by atoms with Gasteiger partial charge < -0.3 is 21.5 Å². The van der Waals surface area contributed by atoms with Gasteiger partial charge in [0.15, 0.2) is 0 Å². The van der Waals surface area contributed by atoms with Crippen LogP contribution in [0.25, 0.3) is 0 Å². The molecule has 186 valence electrons. The molecule has 0 heterocycles. The molecule has 0 aromatic carbocycles. The highest BCUT2D eigenvalue weighted by Crippen LogP contribution is 2.13. The normalized spacial score (nSPS) is 13.6. The highest BCUT2D eigenvalue weighted by Gasteiger charge is 2.27. The third-order valence-electron chi connectivity index (χ3n) is 4.67. The maximum Gasteiger partial charge on any atom is 0.327 e. The predicted molar refractivity (Wildman–Crippen MR) is 134 cm³/mol. The van der Waals surface area contributed by atoms with Crippen LogP contribution in [-0.4, -0.2) is 52.4 Å². The molecule has 9 heteroatoms. The Bertz CT molecular complexity index is 754. The Hall–Kier alpha value is -2.55. The van der Waals surface area contributed by atoms with Crippen molar-refractivity contribution in [3.05, 3.63) is 34.9 Å². The number of nitrogens with one attached hydrogen (secondary N) is 2. The Balaban J connectivity index is 4.56. The summed E-state index contributed by atoms with van der Waals surface area (Å²) in [5.74, 6) is -2.47. The number of carbonyl (C=O) groups excluding carboxylic acids is 3. The maximum absolute atomic E-state index is 12.3. The maximum atomic E-state index is 12.3. The zero-order valence-electron chi connectivity index (χ0n) is 20.4. The van der Waals surface area contributed by atoms with Crippen LogP contribution in [0.2, 0.25) is 0 Å². The van der Waals surface area contributed by atoms with E-state index in [0.29, 0.717) is 5.75 Å². The lowest BCUT2D eigenvalue weighted by atomic mass is 10.1. The second-order valence-electron chi connectivity index (χ2n) is 8.32. The van der Waals surface area contributed by atoms with Gasteiger partial charge in [-0.3, -0.25) is 14.4 Å². The topological polar surface area (TPSA) is 139 Å². The van der Waals surface area contributed by atoms with Crippen molar-refractivity contribution in [2.24, 2.45) is 5.73 Å². The lowest BCUT2D eigenvalue weighted by molar-refractivity contribution is -0.141. The smallest absolute Gasteiger partial charge is 0.327 e. The van der Waals surface area contributed by atoms with Gasteiger partial charge in [0.25, 0.3) is 0 Å². The number of thioether (sulfide) groups is 1. The molecule has 0 aliphatic heterocycles. The third-order valence-corrected chi connectivity index (χ3v) is 5.64. The van der Waals surface area contributed by atoms with Crippen LogP contribution in [-0.2, 0) is 19.2 Å². The van der Waals surface area contributed by atoms with Crippen molar-refractivity contribution in [1.29, 1.82) is 0 Å². The minimum absolute atomic E-state index is 0.150. The summed E-state index contributed by atoms with van der Waals surface area (Å²) in [5, 5.41) is 14.1. The fourth-order valence-corrected chi connectivity index (χ4v) is 3.83. The zero-order valence-corrected chi connectivity index (χ0v) is 21.2. The second-order valence-corrected chi connectivity index (χ2v) is 9.40. The van der Waals surface area contributed by atoms with Gasteiger partial charge in [-0.25, -0.2) is 4.79 Å². The van der Waals surface area contributed by atoms with Crippen molar-refractivity contribution < 1.29 is 24.3 Å². The summed E-state index contributed by atoms with van der Waals surface area (Å²) in [5.41, 5.74) is 9.04. The third kappa shape index (κ3) is 16.7. The van der Waals surface area contributed by atoms with E-state index in [1.54, 1.807) is 0 Å². The van der Waals surface area contributed by atoms with E-state index < -0.39 is 42.2 Å². The molecule has 0 saturated heterocycles. The fourth-order valence-electron chi connectivity index (χ4n) is 2.83. The van der Waals surface area contributed by atoms with Gasteiger partial charge in [0, 0.05) is 18.4 Å². The second kappa shape index (κ2) is 17.0. The van der Waals surface area contributed by atoms with Gasteiger partial charge in [-0.05, 0) is 53.4 Å². The van der Waals surface area contributed by atoms with E-state index in [1.807, 2.05) is 6.92 Å². The molecule has 0 fully saturated rings. The Morgan fingerprint density at radius 2 is 1.45 bits per heavy atom. The number of carbonyl (C=O) groups is 4. The SMILES string of the molecule is CC(=O)NC(CC(N)=O)C(=O)N[C@@H](CSC/C=C(\C)CC/C=C(\C)CCC=C(C)C)C(=O)O. The first-order valence-electron chi connectivity index (χ1n) is 11.0.